The summed E-state index contributed by atoms with van der Waals surface area (Å²) in [6.45, 7) is 1.89. The lowest BCUT2D eigenvalue weighted by atomic mass is 9.76. The van der Waals surface area contributed by atoms with E-state index in [1.807, 2.05) is 20.0 Å². The van der Waals surface area contributed by atoms with Gasteiger partial charge in [0.25, 0.3) is 0 Å². The second kappa shape index (κ2) is 9.67. The first-order valence-electron chi connectivity index (χ1n) is 10.9. The maximum absolute atomic E-state index is 14.2. The van der Waals surface area contributed by atoms with Crippen LogP contribution >= 0.6 is 0 Å². The zero-order chi connectivity index (χ0) is 23.5. The molecule has 3 N–H and O–H groups in total. The van der Waals surface area contributed by atoms with E-state index in [-0.39, 0.29) is 5.82 Å². The predicted molar refractivity (Wildman–Crippen MR) is 124 cm³/mol. The van der Waals surface area contributed by atoms with Gasteiger partial charge in [0, 0.05) is 29.4 Å². The van der Waals surface area contributed by atoms with E-state index in [1.54, 1.807) is 18.3 Å². The Kier molecular flexibility index (Phi) is 6.70. The summed E-state index contributed by atoms with van der Waals surface area (Å²) in [6, 6.07) is 10.7. The molecule has 0 bridgehead atoms. The van der Waals surface area contributed by atoms with Crippen molar-refractivity contribution in [1.82, 2.24) is 15.3 Å². The molecule has 1 aliphatic rings. The third-order valence-electron chi connectivity index (χ3n) is 6.32. The van der Waals surface area contributed by atoms with Gasteiger partial charge in [-0.05, 0) is 92.2 Å². The number of halogens is 3. The van der Waals surface area contributed by atoms with Crippen molar-refractivity contribution in [1.29, 1.82) is 0 Å². The molecule has 1 fully saturated rings. The van der Waals surface area contributed by atoms with E-state index in [0.29, 0.717) is 28.6 Å². The Bertz CT molecular complexity index is 1250. The van der Waals surface area contributed by atoms with Gasteiger partial charge in [0.15, 0.2) is 6.29 Å². The highest BCUT2D eigenvalue weighted by molar-refractivity contribution is 5.91. The second-order valence-electron chi connectivity index (χ2n) is 8.51. The van der Waals surface area contributed by atoms with E-state index < -0.39 is 11.6 Å². The van der Waals surface area contributed by atoms with Crippen LogP contribution in [0, 0.1) is 30.3 Å². The molecule has 0 atom stereocenters. The van der Waals surface area contributed by atoms with Crippen LogP contribution < -0.4 is 5.32 Å². The first-order valence-corrected chi connectivity index (χ1v) is 10.9. The number of aryl methyl sites for hydroxylation is 1. The average Bonchev–Trinajstić information content (AvgIpc) is 3.34. The van der Waals surface area contributed by atoms with Crippen molar-refractivity contribution >= 4 is 17.2 Å². The number of aromatic nitrogens is 2. The summed E-state index contributed by atoms with van der Waals surface area (Å²) in [6.07, 6.45) is 5.40. The van der Waals surface area contributed by atoms with Crippen molar-refractivity contribution in [3.05, 3.63) is 82.9 Å². The number of benzene rings is 2. The molecule has 2 aromatic carbocycles. The highest BCUT2D eigenvalue weighted by Crippen LogP contribution is 2.38. The van der Waals surface area contributed by atoms with Crippen molar-refractivity contribution < 1.29 is 18.0 Å². The molecule has 0 spiro atoms. The molecule has 4 aromatic rings. The third-order valence-corrected chi connectivity index (χ3v) is 6.32. The summed E-state index contributed by atoms with van der Waals surface area (Å²) in [5, 5.41) is 3.82. The Hall–Kier alpha value is -3.32. The molecule has 0 saturated heterocycles. The summed E-state index contributed by atoms with van der Waals surface area (Å²) in [5.74, 6) is -1.04. The number of fused-ring (bicyclic) bond motifs is 1. The summed E-state index contributed by atoms with van der Waals surface area (Å²) in [7, 11) is 1.95. The first kappa shape index (κ1) is 22.9. The Morgan fingerprint density at radius 1 is 1.06 bits per heavy atom. The number of carbonyl (C=O) groups is 1. The molecule has 5 rings (SSSR count). The fourth-order valence-corrected chi connectivity index (χ4v) is 4.36. The minimum absolute atomic E-state index is 0.306. The van der Waals surface area contributed by atoms with Gasteiger partial charge in [-0.25, -0.2) is 13.2 Å². The molecular weight excluding hydrogens is 427 g/mol. The van der Waals surface area contributed by atoms with Crippen LogP contribution in [0.3, 0.4) is 0 Å². The number of hydrogen-bond donors (Lipinski definition) is 3. The summed E-state index contributed by atoms with van der Waals surface area (Å²) < 4.78 is 41.3. The summed E-state index contributed by atoms with van der Waals surface area (Å²) in [5.41, 5.74) is 4.40. The predicted octanol–water partition coefficient (Wildman–Crippen LogP) is 5.93. The first-order chi connectivity index (χ1) is 15.9. The van der Waals surface area contributed by atoms with Crippen LogP contribution in [0.5, 0.6) is 0 Å². The van der Waals surface area contributed by atoms with E-state index in [2.05, 4.69) is 15.3 Å². The molecular formula is C26H26F3N3O. The summed E-state index contributed by atoms with van der Waals surface area (Å²) >= 11 is 0. The fourth-order valence-electron chi connectivity index (χ4n) is 4.36. The van der Waals surface area contributed by atoms with E-state index in [4.69, 9.17) is 0 Å². The van der Waals surface area contributed by atoms with Gasteiger partial charge in [-0.15, -0.1) is 0 Å². The van der Waals surface area contributed by atoms with Crippen LogP contribution in [0.15, 0.2) is 48.7 Å². The van der Waals surface area contributed by atoms with Gasteiger partial charge in [-0.3, -0.25) is 4.79 Å². The van der Waals surface area contributed by atoms with Gasteiger partial charge in [-0.2, -0.15) is 0 Å². The van der Waals surface area contributed by atoms with Crippen molar-refractivity contribution in [3.8, 4) is 11.3 Å². The lowest BCUT2D eigenvalue weighted by Gasteiger charge is -2.35. The Labute approximate surface area is 190 Å². The lowest BCUT2D eigenvalue weighted by Crippen LogP contribution is -2.39. The number of aromatic amines is 2. The maximum atomic E-state index is 14.2. The van der Waals surface area contributed by atoms with Crippen molar-refractivity contribution in [2.24, 2.45) is 5.92 Å². The van der Waals surface area contributed by atoms with Crippen molar-refractivity contribution in [2.75, 3.05) is 7.05 Å². The average molecular weight is 454 g/mol. The molecule has 0 radical (unpaired) electrons. The van der Waals surface area contributed by atoms with Crippen LogP contribution in [-0.2, 0) is 6.42 Å². The molecule has 0 amide bonds. The van der Waals surface area contributed by atoms with Gasteiger partial charge < -0.3 is 15.3 Å². The molecule has 1 saturated carbocycles. The van der Waals surface area contributed by atoms with Gasteiger partial charge in [0.1, 0.15) is 17.5 Å². The number of aldehydes is 1. The number of carbonyl (C=O) groups excluding carboxylic acids is 1. The van der Waals surface area contributed by atoms with Crippen LogP contribution in [0.1, 0.15) is 34.5 Å². The number of rotatable bonds is 5. The molecule has 2 aromatic heterocycles. The Morgan fingerprint density at radius 2 is 1.79 bits per heavy atom. The molecule has 7 heteroatoms. The number of hydrogen-bond acceptors (Lipinski definition) is 2. The highest BCUT2D eigenvalue weighted by atomic mass is 19.1. The topological polar surface area (TPSA) is 60.7 Å². The lowest BCUT2D eigenvalue weighted by molar-refractivity contribution is 0.111. The minimum atomic E-state index is -0.605. The van der Waals surface area contributed by atoms with E-state index in [9.17, 15) is 18.0 Å². The Balaban J connectivity index is 0.000000275. The molecule has 1 aliphatic carbocycles. The monoisotopic (exact) mass is 453 g/mol. The molecule has 33 heavy (non-hydrogen) atoms. The Morgan fingerprint density at radius 3 is 2.36 bits per heavy atom. The van der Waals surface area contributed by atoms with Gasteiger partial charge in [0.05, 0.1) is 11.2 Å². The smallest absolute Gasteiger partial charge is 0.166 e. The molecule has 172 valence electrons. The van der Waals surface area contributed by atoms with E-state index >= 15 is 0 Å². The molecule has 0 aliphatic heterocycles. The minimum Gasteiger partial charge on any atom is -0.359 e. The van der Waals surface area contributed by atoms with Gasteiger partial charge in [-0.1, -0.05) is 0 Å². The maximum Gasteiger partial charge on any atom is 0.166 e. The fraction of sp³-hybridized carbons (Fsp3) is 0.269. The molecule has 4 nitrogen and oxygen atoms in total. The van der Waals surface area contributed by atoms with E-state index in [0.717, 1.165) is 54.0 Å². The van der Waals surface area contributed by atoms with Crippen LogP contribution in [0.25, 0.3) is 22.2 Å². The molecule has 2 heterocycles. The third kappa shape index (κ3) is 4.88. The zero-order valence-electron chi connectivity index (χ0n) is 18.5. The van der Waals surface area contributed by atoms with E-state index in [1.165, 1.54) is 18.2 Å². The van der Waals surface area contributed by atoms with Gasteiger partial charge >= 0.3 is 0 Å². The van der Waals surface area contributed by atoms with Crippen LogP contribution in [0.4, 0.5) is 13.2 Å². The molecule has 0 unspecified atom stereocenters. The second-order valence-corrected chi connectivity index (χ2v) is 8.51. The zero-order valence-corrected chi connectivity index (χ0v) is 18.5. The SMILES string of the molecule is CNC1CC(Cc2c(-c3ccc(F)cc3)[nH]c3c(F)cc(F)cc23)C1.Cc1cc[nH]c1C=O. The summed E-state index contributed by atoms with van der Waals surface area (Å²) in [4.78, 5) is 15.9. The number of H-pyrrole nitrogens is 2. The normalized spacial score (nSPS) is 17.4. The van der Waals surface area contributed by atoms with Crippen LogP contribution in [0.2, 0.25) is 0 Å². The van der Waals surface area contributed by atoms with Crippen molar-refractivity contribution in [3.63, 3.8) is 0 Å². The quantitative estimate of drug-likeness (QED) is 0.328. The highest BCUT2D eigenvalue weighted by Gasteiger charge is 2.30. The largest absolute Gasteiger partial charge is 0.359 e. The standard InChI is InChI=1S/C20H19F3N2.C6H7NO/c1-24-15-6-11(7-15)8-16-17-9-14(22)10-18(23)20(17)25-19(16)12-2-4-13(21)5-3-12;1-5-2-3-7-6(5)4-8/h2-5,9-11,15,24-25H,6-8H2,1H3;2-4,7H,1H3. The van der Waals surface area contributed by atoms with Gasteiger partial charge in [0.2, 0.25) is 0 Å². The number of nitrogens with one attached hydrogen (secondary N) is 3. The van der Waals surface area contributed by atoms with Crippen molar-refractivity contribution in [2.45, 2.75) is 32.2 Å². The van der Waals surface area contributed by atoms with Crippen LogP contribution in [-0.4, -0.2) is 29.3 Å².